The molecule has 0 saturated carbocycles. The number of ether oxygens (including phenoxy) is 2. The van der Waals surface area contributed by atoms with Gasteiger partial charge in [-0.2, -0.15) is 0 Å². The van der Waals surface area contributed by atoms with E-state index in [0.29, 0.717) is 11.6 Å². The van der Waals surface area contributed by atoms with Gasteiger partial charge in [-0.15, -0.1) is 0 Å². The summed E-state index contributed by atoms with van der Waals surface area (Å²) in [6.07, 6.45) is 0. The van der Waals surface area contributed by atoms with E-state index in [1.807, 2.05) is 60.7 Å². The number of carbonyl (C=O) groups is 1. The molecule has 4 rings (SSSR count). The second-order valence-electron chi connectivity index (χ2n) is 6.88. The molecular formula is C24H21ClN2O3. The van der Waals surface area contributed by atoms with Crippen LogP contribution >= 0.6 is 11.6 Å². The molecule has 6 heteroatoms. The van der Waals surface area contributed by atoms with Gasteiger partial charge in [0.1, 0.15) is 18.0 Å². The van der Waals surface area contributed by atoms with E-state index in [1.165, 1.54) is 0 Å². The predicted molar refractivity (Wildman–Crippen MR) is 119 cm³/mol. The maximum absolute atomic E-state index is 13.0. The minimum Gasteiger partial charge on any atom is -0.497 e. The van der Waals surface area contributed by atoms with E-state index in [2.05, 4.69) is 4.99 Å². The molecule has 0 aromatic heterocycles. The van der Waals surface area contributed by atoms with Gasteiger partial charge in [-0.1, -0.05) is 23.7 Å². The van der Waals surface area contributed by atoms with E-state index < -0.39 is 0 Å². The van der Waals surface area contributed by atoms with Crippen molar-refractivity contribution in [2.24, 2.45) is 4.99 Å². The Balaban J connectivity index is 1.75. The number of carbonyl (C=O) groups excluding carboxylic acids is 1. The maximum atomic E-state index is 13.0. The topological polar surface area (TPSA) is 51.1 Å². The molecule has 152 valence electrons. The van der Waals surface area contributed by atoms with Crippen molar-refractivity contribution in [2.75, 3.05) is 25.7 Å². The van der Waals surface area contributed by atoms with Gasteiger partial charge < -0.3 is 14.4 Å². The standard InChI is InChI=1S/C24H21ClN2O3/c1-29-19-8-3-16(4-9-19)15-27-22-12-7-18(25)13-21(22)24(26-14-23(27)28)17-5-10-20(30-2)11-6-17/h3-13H,14-15H2,1-2H3. The van der Waals surface area contributed by atoms with Crippen molar-refractivity contribution < 1.29 is 14.3 Å². The van der Waals surface area contributed by atoms with Crippen LogP contribution in [0.5, 0.6) is 11.5 Å². The summed E-state index contributed by atoms with van der Waals surface area (Å²) >= 11 is 6.32. The number of aliphatic imine (C=N–C) groups is 1. The number of rotatable bonds is 5. The number of amides is 1. The average Bonchev–Trinajstić information content (AvgIpc) is 2.91. The normalized spacial score (nSPS) is 13.4. The summed E-state index contributed by atoms with van der Waals surface area (Å²) in [5, 5.41) is 0.591. The quantitative estimate of drug-likeness (QED) is 0.599. The molecule has 0 N–H and O–H groups in total. The molecule has 3 aromatic carbocycles. The van der Waals surface area contributed by atoms with E-state index in [0.717, 1.165) is 39.6 Å². The molecule has 5 nitrogen and oxygen atoms in total. The molecule has 0 spiro atoms. The van der Waals surface area contributed by atoms with E-state index in [-0.39, 0.29) is 12.5 Å². The fraction of sp³-hybridized carbons (Fsp3) is 0.167. The maximum Gasteiger partial charge on any atom is 0.248 e. The van der Waals surface area contributed by atoms with E-state index >= 15 is 0 Å². The first-order chi connectivity index (χ1) is 14.6. The van der Waals surface area contributed by atoms with Crippen molar-refractivity contribution in [1.82, 2.24) is 0 Å². The summed E-state index contributed by atoms with van der Waals surface area (Å²) in [5.41, 5.74) is 4.25. The van der Waals surface area contributed by atoms with Gasteiger partial charge in [-0.3, -0.25) is 9.79 Å². The Morgan fingerprint density at radius 1 is 0.933 bits per heavy atom. The van der Waals surface area contributed by atoms with Crippen LogP contribution in [0.3, 0.4) is 0 Å². The highest BCUT2D eigenvalue weighted by Crippen LogP contribution is 2.31. The molecule has 0 atom stereocenters. The van der Waals surface area contributed by atoms with Crippen molar-refractivity contribution >= 4 is 28.9 Å². The van der Waals surface area contributed by atoms with Crippen molar-refractivity contribution in [3.63, 3.8) is 0 Å². The minimum atomic E-state index is -0.0714. The Morgan fingerprint density at radius 3 is 2.20 bits per heavy atom. The largest absolute Gasteiger partial charge is 0.497 e. The second kappa shape index (κ2) is 8.59. The molecule has 0 fully saturated rings. The second-order valence-corrected chi connectivity index (χ2v) is 7.32. The Hall–Kier alpha value is -3.31. The average molecular weight is 421 g/mol. The summed E-state index contributed by atoms with van der Waals surface area (Å²) in [5.74, 6) is 1.47. The van der Waals surface area contributed by atoms with Gasteiger partial charge >= 0.3 is 0 Å². The smallest absolute Gasteiger partial charge is 0.248 e. The number of halogens is 1. The first-order valence-corrected chi connectivity index (χ1v) is 9.89. The van der Waals surface area contributed by atoms with Crippen LogP contribution < -0.4 is 14.4 Å². The molecule has 0 saturated heterocycles. The Kier molecular flexibility index (Phi) is 5.72. The Morgan fingerprint density at radius 2 is 1.57 bits per heavy atom. The zero-order valence-corrected chi connectivity index (χ0v) is 17.5. The highest BCUT2D eigenvalue weighted by Gasteiger charge is 2.25. The summed E-state index contributed by atoms with van der Waals surface area (Å²) in [6.45, 7) is 0.493. The number of hydrogen-bond acceptors (Lipinski definition) is 4. The van der Waals surface area contributed by atoms with Gasteiger partial charge in [0.25, 0.3) is 0 Å². The number of benzodiazepines with no additional fused rings is 1. The van der Waals surface area contributed by atoms with Crippen LogP contribution in [0.25, 0.3) is 0 Å². The molecule has 3 aromatic rings. The first kappa shape index (κ1) is 20.0. The summed E-state index contributed by atoms with van der Waals surface area (Å²) in [6, 6.07) is 20.9. The van der Waals surface area contributed by atoms with Gasteiger partial charge in [0.2, 0.25) is 5.91 Å². The summed E-state index contributed by atoms with van der Waals surface area (Å²) < 4.78 is 10.5. The third-order valence-electron chi connectivity index (χ3n) is 5.04. The number of methoxy groups -OCH3 is 2. The molecule has 0 aliphatic carbocycles. The lowest BCUT2D eigenvalue weighted by Crippen LogP contribution is -2.31. The lowest BCUT2D eigenvalue weighted by molar-refractivity contribution is -0.117. The van der Waals surface area contributed by atoms with Crippen LogP contribution in [-0.2, 0) is 11.3 Å². The molecule has 1 aliphatic heterocycles. The van der Waals surface area contributed by atoms with Gasteiger partial charge in [-0.25, -0.2) is 0 Å². The van der Waals surface area contributed by atoms with Crippen molar-refractivity contribution in [3.8, 4) is 11.5 Å². The Bertz CT molecular complexity index is 1090. The van der Waals surface area contributed by atoms with Crippen LogP contribution in [0.1, 0.15) is 16.7 Å². The molecule has 0 bridgehead atoms. The van der Waals surface area contributed by atoms with E-state index in [4.69, 9.17) is 21.1 Å². The van der Waals surface area contributed by atoms with Gasteiger partial charge in [-0.05, 0) is 60.2 Å². The fourth-order valence-electron chi connectivity index (χ4n) is 3.47. The van der Waals surface area contributed by atoms with Gasteiger partial charge in [0.05, 0.1) is 32.2 Å². The lowest BCUT2D eigenvalue weighted by atomic mass is 10.00. The zero-order valence-electron chi connectivity index (χ0n) is 16.8. The molecular weight excluding hydrogens is 400 g/mol. The van der Waals surface area contributed by atoms with E-state index in [1.54, 1.807) is 25.2 Å². The van der Waals surface area contributed by atoms with Crippen LogP contribution in [0.15, 0.2) is 71.7 Å². The minimum absolute atomic E-state index is 0.0593. The van der Waals surface area contributed by atoms with Crippen molar-refractivity contribution in [3.05, 3.63) is 88.4 Å². The van der Waals surface area contributed by atoms with Gasteiger partial charge in [0, 0.05) is 16.1 Å². The van der Waals surface area contributed by atoms with Crippen molar-refractivity contribution in [2.45, 2.75) is 6.54 Å². The Labute approximate surface area is 180 Å². The number of benzene rings is 3. The monoisotopic (exact) mass is 420 g/mol. The molecule has 0 radical (unpaired) electrons. The SMILES string of the molecule is COc1ccc(CN2C(=O)CN=C(c3ccc(OC)cc3)c3cc(Cl)ccc32)cc1. The van der Waals surface area contributed by atoms with Crippen LogP contribution in [0.4, 0.5) is 5.69 Å². The number of nitrogens with zero attached hydrogens (tertiary/aromatic N) is 2. The predicted octanol–water partition coefficient (Wildman–Crippen LogP) is 4.74. The number of hydrogen-bond donors (Lipinski definition) is 0. The third-order valence-corrected chi connectivity index (χ3v) is 5.28. The zero-order chi connectivity index (χ0) is 21.1. The molecule has 1 heterocycles. The number of fused-ring (bicyclic) bond motifs is 1. The molecule has 1 amide bonds. The van der Waals surface area contributed by atoms with E-state index in [9.17, 15) is 4.79 Å². The highest BCUT2D eigenvalue weighted by atomic mass is 35.5. The fourth-order valence-corrected chi connectivity index (χ4v) is 3.64. The van der Waals surface area contributed by atoms with Crippen LogP contribution in [0, 0.1) is 0 Å². The van der Waals surface area contributed by atoms with Crippen molar-refractivity contribution in [1.29, 1.82) is 0 Å². The highest BCUT2D eigenvalue weighted by molar-refractivity contribution is 6.32. The third kappa shape index (κ3) is 4.02. The lowest BCUT2D eigenvalue weighted by Gasteiger charge is -2.23. The van der Waals surface area contributed by atoms with Crippen LogP contribution in [-0.4, -0.2) is 32.4 Å². The molecule has 30 heavy (non-hydrogen) atoms. The number of anilines is 1. The summed E-state index contributed by atoms with van der Waals surface area (Å²) in [7, 11) is 3.26. The van der Waals surface area contributed by atoms with Gasteiger partial charge in [0.15, 0.2) is 0 Å². The molecule has 0 unspecified atom stereocenters. The van der Waals surface area contributed by atoms with Crippen LogP contribution in [0.2, 0.25) is 5.02 Å². The molecule has 1 aliphatic rings. The first-order valence-electron chi connectivity index (χ1n) is 9.51. The summed E-state index contributed by atoms with van der Waals surface area (Å²) in [4.78, 5) is 19.4.